The van der Waals surface area contributed by atoms with E-state index in [0.717, 1.165) is 51.1 Å². The van der Waals surface area contributed by atoms with Gasteiger partial charge < -0.3 is 30.5 Å². The van der Waals surface area contributed by atoms with E-state index >= 15 is 0 Å². The van der Waals surface area contributed by atoms with Gasteiger partial charge in [0.25, 0.3) is 5.91 Å². The minimum Gasteiger partial charge on any atom is -0.491 e. The number of rotatable bonds is 10. The summed E-state index contributed by atoms with van der Waals surface area (Å²) < 4.78 is 6.01. The van der Waals surface area contributed by atoms with E-state index in [4.69, 9.17) is 4.74 Å². The second-order valence-electron chi connectivity index (χ2n) is 13.1. The number of hydrogen-bond acceptors (Lipinski definition) is 7. The highest BCUT2D eigenvalue weighted by atomic mass is 16.5. The van der Waals surface area contributed by atoms with Gasteiger partial charge in [-0.15, -0.1) is 0 Å². The topological polar surface area (TPSA) is 123 Å². The van der Waals surface area contributed by atoms with Crippen LogP contribution in [0.15, 0.2) is 48.5 Å². The Morgan fingerprint density at radius 3 is 2.36 bits per heavy atom. The van der Waals surface area contributed by atoms with E-state index < -0.39 is 29.8 Å². The van der Waals surface area contributed by atoms with Gasteiger partial charge in [0.1, 0.15) is 24.4 Å². The van der Waals surface area contributed by atoms with Crippen LogP contribution in [0.5, 0.6) is 5.75 Å². The monoisotopic (exact) mass is 648 g/mol. The van der Waals surface area contributed by atoms with E-state index in [2.05, 4.69) is 51.9 Å². The number of nitrogens with one attached hydrogen (secondary N) is 3. The maximum atomic E-state index is 13.7. The third-order valence-electron chi connectivity index (χ3n) is 8.69. The van der Waals surface area contributed by atoms with E-state index in [9.17, 15) is 19.2 Å². The molecule has 11 nitrogen and oxygen atoms in total. The molecule has 3 N–H and O–H groups in total. The quantitative estimate of drug-likeness (QED) is 0.362. The minimum absolute atomic E-state index is 0.144. The van der Waals surface area contributed by atoms with Gasteiger partial charge in [0.15, 0.2) is 0 Å². The molecule has 2 heterocycles. The fraction of sp³-hybridized carbons (Fsp3) is 0.556. The number of ether oxygens (including phenoxy) is 1. The van der Waals surface area contributed by atoms with E-state index in [1.54, 1.807) is 29.2 Å². The molecule has 4 rings (SSSR count). The standard InChI is InChI=1S/C36H52N6O5/c1-5-6-15-42-20-21-47-32-10-8-7-9-29(32)34(44)39-30(23-33(43)38-31(36(42)46)22-26(2)3)35(45)37-24-27-11-13-28(14-12-27)25-41-18-16-40(4)17-19-41/h7-14,26,30-31H,5-6,15-25H2,1-4H3,(H,37,45)(H,38,43)(H,39,44)/t30-,31-/m0/s1. The second kappa shape index (κ2) is 17.8. The Balaban J connectivity index is 1.49. The molecule has 2 aliphatic heterocycles. The van der Waals surface area contributed by atoms with Crippen molar-refractivity contribution in [3.63, 3.8) is 0 Å². The normalized spacial score (nSPS) is 20.5. The van der Waals surface area contributed by atoms with Crippen molar-refractivity contribution >= 4 is 23.6 Å². The maximum Gasteiger partial charge on any atom is 0.255 e. The lowest BCUT2D eigenvalue weighted by Gasteiger charge is -2.32. The first-order valence-corrected chi connectivity index (χ1v) is 17.0. The predicted molar refractivity (Wildman–Crippen MR) is 182 cm³/mol. The number of fused-ring (bicyclic) bond motifs is 1. The molecule has 2 aliphatic rings. The van der Waals surface area contributed by atoms with Gasteiger partial charge >= 0.3 is 0 Å². The van der Waals surface area contributed by atoms with Gasteiger partial charge in [-0.05, 0) is 49.1 Å². The Morgan fingerprint density at radius 1 is 0.957 bits per heavy atom. The van der Waals surface area contributed by atoms with Crippen LogP contribution >= 0.6 is 0 Å². The lowest BCUT2D eigenvalue weighted by atomic mass is 10.0. The molecule has 0 spiro atoms. The summed E-state index contributed by atoms with van der Waals surface area (Å²) in [6.45, 7) is 12.4. The SMILES string of the molecule is CCCCN1CCOc2ccccc2C(=O)N[C@H](C(=O)NCc2ccc(CN3CCN(C)CC3)cc2)CC(=O)N[C@@H](CC(C)C)C1=O. The molecule has 1 saturated heterocycles. The molecule has 0 unspecified atom stereocenters. The summed E-state index contributed by atoms with van der Waals surface area (Å²) in [5, 5.41) is 8.54. The summed E-state index contributed by atoms with van der Waals surface area (Å²) in [5.41, 5.74) is 2.37. The first-order valence-electron chi connectivity index (χ1n) is 17.0. The molecule has 0 aliphatic carbocycles. The van der Waals surface area contributed by atoms with Crippen molar-refractivity contribution < 1.29 is 23.9 Å². The molecule has 0 radical (unpaired) electrons. The Morgan fingerprint density at radius 2 is 1.66 bits per heavy atom. The van der Waals surface area contributed by atoms with E-state index in [-0.39, 0.29) is 37.0 Å². The molecule has 47 heavy (non-hydrogen) atoms. The van der Waals surface area contributed by atoms with E-state index in [0.29, 0.717) is 25.3 Å². The molecule has 0 aromatic heterocycles. The van der Waals surface area contributed by atoms with Crippen LogP contribution in [0.1, 0.15) is 67.9 Å². The van der Waals surface area contributed by atoms with Crippen molar-refractivity contribution in [1.29, 1.82) is 0 Å². The summed E-state index contributed by atoms with van der Waals surface area (Å²) in [5.74, 6) is -1.16. The number of benzene rings is 2. The van der Waals surface area contributed by atoms with Crippen LogP contribution in [0.25, 0.3) is 0 Å². The maximum absolute atomic E-state index is 13.7. The molecule has 2 aromatic carbocycles. The van der Waals surface area contributed by atoms with Gasteiger partial charge in [-0.3, -0.25) is 24.1 Å². The highest BCUT2D eigenvalue weighted by Crippen LogP contribution is 2.19. The molecule has 0 saturated carbocycles. The lowest BCUT2D eigenvalue weighted by molar-refractivity contribution is -0.137. The highest BCUT2D eigenvalue weighted by Gasteiger charge is 2.31. The Hall–Kier alpha value is -3.96. The van der Waals surface area contributed by atoms with Gasteiger partial charge in [0.2, 0.25) is 17.7 Å². The smallest absolute Gasteiger partial charge is 0.255 e. The van der Waals surface area contributed by atoms with Crippen molar-refractivity contribution in [2.24, 2.45) is 5.92 Å². The molecule has 256 valence electrons. The van der Waals surface area contributed by atoms with Crippen molar-refractivity contribution in [2.45, 2.75) is 71.6 Å². The summed E-state index contributed by atoms with van der Waals surface area (Å²) >= 11 is 0. The fourth-order valence-corrected chi connectivity index (χ4v) is 5.86. The predicted octanol–water partition coefficient (Wildman–Crippen LogP) is 2.79. The number of unbranched alkanes of at least 4 members (excludes halogenated alkanes) is 1. The lowest BCUT2D eigenvalue weighted by Crippen LogP contribution is -2.53. The molecule has 1 fully saturated rings. The second-order valence-corrected chi connectivity index (χ2v) is 13.1. The molecule has 2 atom stereocenters. The Bertz CT molecular complexity index is 1340. The van der Waals surface area contributed by atoms with E-state index in [1.807, 2.05) is 26.0 Å². The molecular formula is C36H52N6O5. The van der Waals surface area contributed by atoms with Gasteiger partial charge in [0.05, 0.1) is 18.5 Å². The summed E-state index contributed by atoms with van der Waals surface area (Å²) in [6.07, 6.45) is 1.85. The van der Waals surface area contributed by atoms with Crippen LogP contribution in [0.2, 0.25) is 0 Å². The molecule has 11 heteroatoms. The number of nitrogens with zero attached hydrogens (tertiary/aromatic N) is 3. The van der Waals surface area contributed by atoms with Crippen LogP contribution in [0, 0.1) is 5.92 Å². The van der Waals surface area contributed by atoms with Gasteiger partial charge in [-0.1, -0.05) is 63.6 Å². The zero-order valence-electron chi connectivity index (χ0n) is 28.4. The van der Waals surface area contributed by atoms with Crippen LogP contribution in [0.3, 0.4) is 0 Å². The molecule has 2 aromatic rings. The zero-order valence-corrected chi connectivity index (χ0v) is 28.4. The van der Waals surface area contributed by atoms with Crippen LogP contribution in [0.4, 0.5) is 0 Å². The van der Waals surface area contributed by atoms with E-state index in [1.165, 1.54) is 5.56 Å². The number of piperazine rings is 1. The summed E-state index contributed by atoms with van der Waals surface area (Å²) in [6, 6.07) is 13.0. The van der Waals surface area contributed by atoms with Crippen molar-refractivity contribution in [3.8, 4) is 5.75 Å². The molecule has 4 amide bonds. The van der Waals surface area contributed by atoms with Crippen molar-refractivity contribution in [1.82, 2.24) is 30.7 Å². The van der Waals surface area contributed by atoms with Crippen LogP contribution < -0.4 is 20.7 Å². The Kier molecular flexibility index (Phi) is 13.6. The average Bonchev–Trinajstić information content (AvgIpc) is 3.05. The number of likely N-dealkylation sites (N-methyl/N-ethyl adjacent to an activating group) is 1. The van der Waals surface area contributed by atoms with Crippen LogP contribution in [-0.4, -0.2) is 103 Å². The number of hydrogen-bond donors (Lipinski definition) is 3. The van der Waals surface area contributed by atoms with Gasteiger partial charge in [0, 0.05) is 45.8 Å². The Labute approximate surface area is 279 Å². The third-order valence-corrected chi connectivity index (χ3v) is 8.69. The van der Waals surface area contributed by atoms with Crippen LogP contribution in [-0.2, 0) is 27.5 Å². The molecular weight excluding hydrogens is 596 g/mol. The first kappa shape index (κ1) is 35.9. The highest BCUT2D eigenvalue weighted by molar-refractivity contribution is 6.01. The summed E-state index contributed by atoms with van der Waals surface area (Å²) in [4.78, 5) is 60.7. The number of para-hydroxylation sites is 1. The fourth-order valence-electron chi connectivity index (χ4n) is 5.86. The van der Waals surface area contributed by atoms with Gasteiger partial charge in [-0.25, -0.2) is 0 Å². The zero-order chi connectivity index (χ0) is 33.8. The number of carbonyl (C=O) groups is 4. The largest absolute Gasteiger partial charge is 0.491 e. The van der Waals surface area contributed by atoms with Gasteiger partial charge in [-0.2, -0.15) is 0 Å². The van der Waals surface area contributed by atoms with Crippen molar-refractivity contribution in [3.05, 3.63) is 65.2 Å². The molecule has 0 bridgehead atoms. The van der Waals surface area contributed by atoms with Crippen molar-refractivity contribution in [2.75, 3.05) is 52.9 Å². The summed E-state index contributed by atoms with van der Waals surface area (Å²) in [7, 11) is 2.14. The number of amides is 4. The average molecular weight is 649 g/mol. The first-order chi connectivity index (χ1) is 22.6. The minimum atomic E-state index is -1.17. The third kappa shape index (κ3) is 11.1. The number of carbonyl (C=O) groups excluding carboxylic acids is 4.